The van der Waals surface area contributed by atoms with E-state index in [1.54, 1.807) is 7.11 Å². The molecule has 1 saturated heterocycles. The largest absolute Gasteiger partial charge is 0.495 e. The van der Waals surface area contributed by atoms with Crippen molar-refractivity contribution in [2.45, 2.75) is 32.1 Å². The topological polar surface area (TPSA) is 62.9 Å². The van der Waals surface area contributed by atoms with Crippen LogP contribution in [0.5, 0.6) is 5.75 Å². The molecule has 130 valence electrons. The van der Waals surface area contributed by atoms with E-state index in [0.29, 0.717) is 5.96 Å². The summed E-state index contributed by atoms with van der Waals surface area (Å²) in [6, 6.07) is 7.70. The Bertz CT molecular complexity index is 473. The number of hydrogen-bond donors (Lipinski definition) is 2. The zero-order valence-electron chi connectivity index (χ0n) is 14.0. The fourth-order valence-corrected chi connectivity index (χ4v) is 2.78. The third-order valence-electron chi connectivity index (χ3n) is 3.98. The Hall–Kier alpha value is -1.02. The number of benzene rings is 1. The van der Waals surface area contributed by atoms with Crippen molar-refractivity contribution in [2.75, 3.05) is 38.6 Å². The van der Waals surface area contributed by atoms with Crippen LogP contribution in [0, 0.1) is 0 Å². The lowest BCUT2D eigenvalue weighted by Gasteiger charge is -2.18. The SMILES string of the molecule is COc1ccccc1NC(N)=NCCCN1CCCCCC1.I. The highest BCUT2D eigenvalue weighted by molar-refractivity contribution is 14.0. The van der Waals surface area contributed by atoms with Gasteiger partial charge in [-0.05, 0) is 51.0 Å². The molecule has 1 heterocycles. The first kappa shape index (κ1) is 20.0. The third kappa shape index (κ3) is 7.39. The van der Waals surface area contributed by atoms with E-state index in [1.165, 1.54) is 38.8 Å². The standard InChI is InChI=1S/C17H28N4O.HI/c1-22-16-10-5-4-9-15(16)20-17(18)19-11-8-14-21-12-6-2-3-7-13-21;/h4-5,9-10H,2-3,6-8,11-14H2,1H3,(H3,18,19,20);1H. The monoisotopic (exact) mass is 432 g/mol. The van der Waals surface area contributed by atoms with Gasteiger partial charge in [0.15, 0.2) is 5.96 Å². The van der Waals surface area contributed by atoms with Crippen LogP contribution in [0.4, 0.5) is 5.69 Å². The molecule has 5 nitrogen and oxygen atoms in total. The summed E-state index contributed by atoms with van der Waals surface area (Å²) in [4.78, 5) is 6.95. The molecule has 0 amide bonds. The Kier molecular flexibility index (Phi) is 10.0. The minimum absolute atomic E-state index is 0. The van der Waals surface area contributed by atoms with Crippen molar-refractivity contribution >= 4 is 35.6 Å². The minimum Gasteiger partial charge on any atom is -0.495 e. The molecule has 1 fully saturated rings. The van der Waals surface area contributed by atoms with Gasteiger partial charge in [0, 0.05) is 6.54 Å². The number of nitrogens with one attached hydrogen (secondary N) is 1. The Morgan fingerprint density at radius 1 is 1.22 bits per heavy atom. The number of anilines is 1. The van der Waals surface area contributed by atoms with Crippen molar-refractivity contribution < 1.29 is 4.74 Å². The van der Waals surface area contributed by atoms with Gasteiger partial charge in [-0.1, -0.05) is 25.0 Å². The molecule has 1 aliphatic rings. The number of likely N-dealkylation sites (tertiary alicyclic amines) is 1. The highest BCUT2D eigenvalue weighted by atomic mass is 127. The molecule has 0 unspecified atom stereocenters. The summed E-state index contributed by atoms with van der Waals surface area (Å²) < 4.78 is 5.28. The molecule has 23 heavy (non-hydrogen) atoms. The molecular formula is C17H29IN4O. The lowest BCUT2D eigenvalue weighted by molar-refractivity contribution is 0.283. The molecule has 0 bridgehead atoms. The molecule has 6 heteroatoms. The Balaban J connectivity index is 0.00000264. The smallest absolute Gasteiger partial charge is 0.193 e. The first-order valence-corrected chi connectivity index (χ1v) is 8.22. The molecule has 1 aromatic rings. The van der Waals surface area contributed by atoms with Crippen molar-refractivity contribution in [3.05, 3.63) is 24.3 Å². The van der Waals surface area contributed by atoms with Crippen molar-refractivity contribution in [3.8, 4) is 5.75 Å². The van der Waals surface area contributed by atoms with Crippen LogP contribution in [0.2, 0.25) is 0 Å². The first-order valence-electron chi connectivity index (χ1n) is 8.22. The molecule has 0 aliphatic carbocycles. The van der Waals surface area contributed by atoms with Gasteiger partial charge in [0.05, 0.1) is 12.8 Å². The van der Waals surface area contributed by atoms with Crippen LogP contribution in [0.15, 0.2) is 29.3 Å². The van der Waals surface area contributed by atoms with Gasteiger partial charge >= 0.3 is 0 Å². The molecule has 0 spiro atoms. The van der Waals surface area contributed by atoms with Gasteiger partial charge in [0.1, 0.15) is 5.75 Å². The molecule has 2 rings (SSSR count). The van der Waals surface area contributed by atoms with Gasteiger partial charge < -0.3 is 20.7 Å². The Morgan fingerprint density at radius 3 is 2.61 bits per heavy atom. The van der Waals surface area contributed by atoms with E-state index in [4.69, 9.17) is 10.5 Å². The van der Waals surface area contributed by atoms with Gasteiger partial charge in [-0.2, -0.15) is 0 Å². The van der Waals surface area contributed by atoms with E-state index in [9.17, 15) is 0 Å². The fourth-order valence-electron chi connectivity index (χ4n) is 2.78. The summed E-state index contributed by atoms with van der Waals surface area (Å²) in [6.07, 6.45) is 6.48. The van der Waals surface area contributed by atoms with Gasteiger partial charge in [-0.3, -0.25) is 4.99 Å². The van der Waals surface area contributed by atoms with E-state index >= 15 is 0 Å². The van der Waals surface area contributed by atoms with E-state index in [-0.39, 0.29) is 24.0 Å². The number of halogens is 1. The minimum atomic E-state index is 0. The number of nitrogens with two attached hydrogens (primary N) is 1. The zero-order valence-corrected chi connectivity index (χ0v) is 16.3. The quantitative estimate of drug-likeness (QED) is 0.314. The van der Waals surface area contributed by atoms with Crippen LogP contribution >= 0.6 is 24.0 Å². The van der Waals surface area contributed by atoms with Crippen LogP contribution in [0.25, 0.3) is 0 Å². The van der Waals surface area contributed by atoms with Crippen LogP contribution in [-0.4, -0.2) is 44.1 Å². The fraction of sp³-hybridized carbons (Fsp3) is 0.588. The average molecular weight is 432 g/mol. The Morgan fingerprint density at radius 2 is 1.91 bits per heavy atom. The summed E-state index contributed by atoms with van der Waals surface area (Å²) in [5.74, 6) is 1.21. The summed E-state index contributed by atoms with van der Waals surface area (Å²) in [7, 11) is 1.65. The number of para-hydroxylation sites is 2. The number of nitrogens with zero attached hydrogens (tertiary/aromatic N) is 2. The highest BCUT2D eigenvalue weighted by Gasteiger charge is 2.08. The summed E-state index contributed by atoms with van der Waals surface area (Å²) in [5.41, 5.74) is 6.79. The van der Waals surface area contributed by atoms with Crippen molar-refractivity contribution in [2.24, 2.45) is 10.7 Å². The zero-order chi connectivity index (χ0) is 15.6. The Labute approximate surface area is 156 Å². The number of hydrogen-bond acceptors (Lipinski definition) is 3. The average Bonchev–Trinajstić information content (AvgIpc) is 2.81. The highest BCUT2D eigenvalue weighted by Crippen LogP contribution is 2.22. The van der Waals surface area contributed by atoms with Crippen LogP contribution in [0.3, 0.4) is 0 Å². The van der Waals surface area contributed by atoms with Crippen molar-refractivity contribution in [1.82, 2.24) is 4.90 Å². The van der Waals surface area contributed by atoms with Crippen LogP contribution in [0.1, 0.15) is 32.1 Å². The number of guanidine groups is 1. The van der Waals surface area contributed by atoms with Crippen molar-refractivity contribution in [1.29, 1.82) is 0 Å². The summed E-state index contributed by atoms with van der Waals surface area (Å²) in [6.45, 7) is 4.34. The van der Waals surface area contributed by atoms with Gasteiger partial charge in [-0.15, -0.1) is 24.0 Å². The van der Waals surface area contributed by atoms with Crippen molar-refractivity contribution in [3.63, 3.8) is 0 Å². The normalized spacial score (nSPS) is 16.3. The van der Waals surface area contributed by atoms with E-state index in [2.05, 4.69) is 15.2 Å². The predicted molar refractivity (Wildman–Crippen MR) is 108 cm³/mol. The second-order valence-electron chi connectivity index (χ2n) is 5.70. The number of ether oxygens (including phenoxy) is 1. The molecule has 0 aromatic heterocycles. The molecule has 0 saturated carbocycles. The predicted octanol–water partition coefficient (Wildman–Crippen LogP) is 3.31. The van der Waals surface area contributed by atoms with E-state index in [0.717, 1.165) is 30.9 Å². The maximum atomic E-state index is 5.94. The molecular weight excluding hydrogens is 403 g/mol. The van der Waals surface area contributed by atoms with Gasteiger partial charge in [0.25, 0.3) is 0 Å². The summed E-state index contributed by atoms with van der Waals surface area (Å²) >= 11 is 0. The summed E-state index contributed by atoms with van der Waals surface area (Å²) in [5, 5.41) is 3.10. The lowest BCUT2D eigenvalue weighted by Crippen LogP contribution is -2.27. The second-order valence-corrected chi connectivity index (χ2v) is 5.70. The van der Waals surface area contributed by atoms with Gasteiger partial charge in [-0.25, -0.2) is 0 Å². The maximum absolute atomic E-state index is 5.94. The van der Waals surface area contributed by atoms with Crippen LogP contribution in [-0.2, 0) is 0 Å². The molecule has 1 aliphatic heterocycles. The number of methoxy groups -OCH3 is 1. The molecule has 3 N–H and O–H groups in total. The lowest BCUT2D eigenvalue weighted by atomic mass is 10.2. The van der Waals surface area contributed by atoms with E-state index < -0.39 is 0 Å². The van der Waals surface area contributed by atoms with Gasteiger partial charge in [0.2, 0.25) is 0 Å². The van der Waals surface area contributed by atoms with Crippen LogP contribution < -0.4 is 15.8 Å². The number of aliphatic imine (C=N–C) groups is 1. The maximum Gasteiger partial charge on any atom is 0.193 e. The number of rotatable bonds is 6. The molecule has 0 radical (unpaired) electrons. The molecule has 1 aromatic carbocycles. The third-order valence-corrected chi connectivity index (χ3v) is 3.98. The first-order chi connectivity index (χ1) is 10.8. The van der Waals surface area contributed by atoms with E-state index in [1.807, 2.05) is 24.3 Å². The second kappa shape index (κ2) is 11.5. The molecule has 0 atom stereocenters.